The topological polar surface area (TPSA) is 53.6 Å². The minimum atomic E-state index is -0.460. The van der Waals surface area contributed by atoms with E-state index in [-0.39, 0.29) is 11.6 Å². The van der Waals surface area contributed by atoms with Gasteiger partial charge in [-0.15, -0.1) is 0 Å². The van der Waals surface area contributed by atoms with Gasteiger partial charge in [-0.2, -0.15) is 0 Å². The molecule has 2 aliphatic heterocycles. The molecule has 0 aliphatic carbocycles. The number of alkyl carbamates (subject to hydrolysis) is 1. The quantitative estimate of drug-likeness (QED) is 0.780. The van der Waals surface area contributed by atoms with E-state index in [0.717, 1.165) is 19.4 Å². The average molecular weight is 340 g/mol. The number of carbonyl (C=O) groups excluding carboxylic acids is 1. The van der Waals surface area contributed by atoms with Crippen molar-refractivity contribution in [1.29, 1.82) is 0 Å². The standard InChI is InChI=1S/C19H37N3O2/c1-6-19(7-2,21-17(23)24-18(3,4)5)14-20-15-11-13-22-12-9-8-10-16(15)22/h15-16,20H,6-14H2,1-5H3,(H,21,23). The molecule has 0 bridgehead atoms. The van der Waals surface area contributed by atoms with Gasteiger partial charge in [-0.25, -0.2) is 4.79 Å². The van der Waals surface area contributed by atoms with E-state index >= 15 is 0 Å². The number of amides is 1. The molecular weight excluding hydrogens is 302 g/mol. The molecule has 0 aromatic carbocycles. The highest BCUT2D eigenvalue weighted by molar-refractivity contribution is 5.68. The highest BCUT2D eigenvalue weighted by atomic mass is 16.6. The summed E-state index contributed by atoms with van der Waals surface area (Å²) in [6, 6.07) is 1.25. The summed E-state index contributed by atoms with van der Waals surface area (Å²) < 4.78 is 5.47. The van der Waals surface area contributed by atoms with Crippen molar-refractivity contribution in [3.05, 3.63) is 0 Å². The summed E-state index contributed by atoms with van der Waals surface area (Å²) in [4.78, 5) is 14.9. The maximum Gasteiger partial charge on any atom is 0.408 e. The number of hydrogen-bond donors (Lipinski definition) is 2. The number of piperidine rings is 1. The van der Waals surface area contributed by atoms with Crippen molar-refractivity contribution in [2.75, 3.05) is 19.6 Å². The predicted octanol–water partition coefficient (Wildman–Crippen LogP) is 3.29. The monoisotopic (exact) mass is 339 g/mol. The van der Waals surface area contributed by atoms with Crippen LogP contribution in [0.3, 0.4) is 0 Å². The van der Waals surface area contributed by atoms with Crippen LogP contribution in [0.1, 0.15) is 73.1 Å². The minimum absolute atomic E-state index is 0.232. The molecule has 0 aromatic rings. The van der Waals surface area contributed by atoms with Gasteiger partial charge in [-0.3, -0.25) is 4.90 Å². The van der Waals surface area contributed by atoms with E-state index in [9.17, 15) is 4.79 Å². The Kier molecular flexibility index (Phi) is 6.54. The molecule has 0 spiro atoms. The first kappa shape index (κ1) is 19.5. The second-order valence-corrected chi connectivity index (χ2v) is 8.49. The van der Waals surface area contributed by atoms with Crippen LogP contribution in [-0.2, 0) is 4.74 Å². The molecule has 2 atom stereocenters. The van der Waals surface area contributed by atoms with Crippen LogP contribution in [0.25, 0.3) is 0 Å². The number of ether oxygens (including phenoxy) is 1. The SMILES string of the molecule is CCC(CC)(CNC1CCN2CCCCC12)NC(=O)OC(C)(C)C. The Balaban J connectivity index is 1.91. The zero-order valence-corrected chi connectivity index (χ0v) is 16.3. The van der Waals surface area contributed by atoms with Gasteiger partial charge in [0.15, 0.2) is 0 Å². The molecule has 2 unspecified atom stereocenters. The fourth-order valence-electron chi connectivity index (χ4n) is 4.05. The van der Waals surface area contributed by atoms with Crippen molar-refractivity contribution in [2.24, 2.45) is 0 Å². The fraction of sp³-hybridized carbons (Fsp3) is 0.947. The maximum atomic E-state index is 12.2. The maximum absolute atomic E-state index is 12.2. The Morgan fingerprint density at radius 3 is 2.46 bits per heavy atom. The summed E-state index contributed by atoms with van der Waals surface area (Å²) in [5.41, 5.74) is -0.691. The van der Waals surface area contributed by atoms with Crippen LogP contribution in [0.2, 0.25) is 0 Å². The molecule has 2 N–H and O–H groups in total. The second kappa shape index (κ2) is 8.05. The van der Waals surface area contributed by atoms with Crippen LogP contribution < -0.4 is 10.6 Å². The minimum Gasteiger partial charge on any atom is -0.444 e. The molecular formula is C19H37N3O2. The molecule has 2 fully saturated rings. The molecule has 0 aromatic heterocycles. The number of carbonyl (C=O) groups is 1. The molecule has 24 heavy (non-hydrogen) atoms. The lowest BCUT2D eigenvalue weighted by Gasteiger charge is -2.37. The Morgan fingerprint density at radius 1 is 1.12 bits per heavy atom. The third kappa shape index (κ3) is 5.09. The van der Waals surface area contributed by atoms with Gasteiger partial charge in [-0.1, -0.05) is 20.3 Å². The Morgan fingerprint density at radius 2 is 1.83 bits per heavy atom. The summed E-state index contributed by atoms with van der Waals surface area (Å²) in [5, 5.41) is 6.92. The van der Waals surface area contributed by atoms with E-state index in [1.165, 1.54) is 38.8 Å². The van der Waals surface area contributed by atoms with Crippen LogP contribution in [0.15, 0.2) is 0 Å². The molecule has 2 aliphatic rings. The lowest BCUT2D eigenvalue weighted by molar-refractivity contribution is 0.0442. The fourth-order valence-corrected chi connectivity index (χ4v) is 4.05. The first-order valence-corrected chi connectivity index (χ1v) is 9.77. The third-order valence-electron chi connectivity index (χ3n) is 5.68. The van der Waals surface area contributed by atoms with E-state index in [0.29, 0.717) is 12.1 Å². The van der Waals surface area contributed by atoms with Crippen molar-refractivity contribution in [3.63, 3.8) is 0 Å². The summed E-state index contributed by atoms with van der Waals surface area (Å²) in [5.74, 6) is 0. The Bertz CT molecular complexity index is 415. The van der Waals surface area contributed by atoms with Gasteiger partial charge >= 0.3 is 6.09 Å². The predicted molar refractivity (Wildman–Crippen MR) is 98.3 cm³/mol. The van der Waals surface area contributed by atoms with Gasteiger partial charge in [0, 0.05) is 25.2 Å². The third-order valence-corrected chi connectivity index (χ3v) is 5.68. The van der Waals surface area contributed by atoms with Gasteiger partial charge in [-0.05, 0) is 59.4 Å². The largest absolute Gasteiger partial charge is 0.444 e. The summed E-state index contributed by atoms with van der Waals surface area (Å²) in [6.07, 6.45) is 6.72. The number of fused-ring (bicyclic) bond motifs is 1. The molecule has 0 saturated carbocycles. The lowest BCUT2D eigenvalue weighted by Crippen LogP contribution is -2.57. The molecule has 2 saturated heterocycles. The molecule has 2 rings (SSSR count). The molecule has 1 amide bonds. The van der Waals surface area contributed by atoms with Crippen molar-refractivity contribution < 1.29 is 9.53 Å². The van der Waals surface area contributed by atoms with Crippen LogP contribution in [0.5, 0.6) is 0 Å². The zero-order chi connectivity index (χ0) is 17.8. The average Bonchev–Trinajstić information content (AvgIpc) is 2.93. The number of rotatable bonds is 6. The van der Waals surface area contributed by atoms with E-state index in [1.807, 2.05) is 20.8 Å². The van der Waals surface area contributed by atoms with Gasteiger partial charge in [0.05, 0.1) is 5.54 Å². The van der Waals surface area contributed by atoms with E-state index < -0.39 is 5.60 Å². The molecule has 2 heterocycles. The molecule has 5 nitrogen and oxygen atoms in total. The second-order valence-electron chi connectivity index (χ2n) is 8.49. The van der Waals surface area contributed by atoms with E-state index in [4.69, 9.17) is 4.74 Å². The number of nitrogens with one attached hydrogen (secondary N) is 2. The smallest absolute Gasteiger partial charge is 0.408 e. The summed E-state index contributed by atoms with van der Waals surface area (Å²) in [7, 11) is 0. The highest BCUT2D eigenvalue weighted by Gasteiger charge is 2.37. The van der Waals surface area contributed by atoms with Gasteiger partial charge < -0.3 is 15.4 Å². The first-order chi connectivity index (χ1) is 11.3. The molecule has 140 valence electrons. The van der Waals surface area contributed by atoms with E-state index in [2.05, 4.69) is 29.4 Å². The highest BCUT2D eigenvalue weighted by Crippen LogP contribution is 2.27. The van der Waals surface area contributed by atoms with Crippen molar-refractivity contribution in [3.8, 4) is 0 Å². The van der Waals surface area contributed by atoms with Crippen molar-refractivity contribution in [1.82, 2.24) is 15.5 Å². The Labute approximate surface area is 147 Å². The zero-order valence-electron chi connectivity index (χ0n) is 16.3. The van der Waals surface area contributed by atoms with Crippen molar-refractivity contribution >= 4 is 6.09 Å². The lowest BCUT2D eigenvalue weighted by atomic mass is 9.91. The van der Waals surface area contributed by atoms with Gasteiger partial charge in [0.25, 0.3) is 0 Å². The van der Waals surface area contributed by atoms with Crippen LogP contribution in [0.4, 0.5) is 4.79 Å². The summed E-state index contributed by atoms with van der Waals surface area (Å²) in [6.45, 7) is 13.3. The van der Waals surface area contributed by atoms with Crippen molar-refractivity contribution in [2.45, 2.75) is 96.4 Å². The molecule has 5 heteroatoms. The van der Waals surface area contributed by atoms with Crippen LogP contribution >= 0.6 is 0 Å². The van der Waals surface area contributed by atoms with Gasteiger partial charge in [0.2, 0.25) is 0 Å². The Hall–Kier alpha value is -0.810. The van der Waals surface area contributed by atoms with Crippen LogP contribution in [0, 0.1) is 0 Å². The van der Waals surface area contributed by atoms with Gasteiger partial charge in [0.1, 0.15) is 5.60 Å². The molecule has 0 radical (unpaired) electrons. The summed E-state index contributed by atoms with van der Waals surface area (Å²) >= 11 is 0. The first-order valence-electron chi connectivity index (χ1n) is 9.77. The van der Waals surface area contributed by atoms with Crippen LogP contribution in [-0.4, -0.2) is 53.9 Å². The number of hydrogen-bond acceptors (Lipinski definition) is 4. The normalized spacial score (nSPS) is 25.4. The number of nitrogens with zero attached hydrogens (tertiary/aromatic N) is 1. The van der Waals surface area contributed by atoms with E-state index in [1.54, 1.807) is 0 Å².